The van der Waals surface area contributed by atoms with Crippen LogP contribution in [0, 0.1) is 11.6 Å². The molecule has 1 aromatic carbocycles. The van der Waals surface area contributed by atoms with Crippen molar-refractivity contribution in [3.8, 4) is 0 Å². The van der Waals surface area contributed by atoms with E-state index in [9.17, 15) is 13.6 Å². The summed E-state index contributed by atoms with van der Waals surface area (Å²) < 4.78 is 28.3. The molecule has 1 aliphatic heterocycles. The second-order valence-corrected chi connectivity index (χ2v) is 5.79. The van der Waals surface area contributed by atoms with Gasteiger partial charge in [-0.1, -0.05) is 0 Å². The van der Waals surface area contributed by atoms with Crippen LogP contribution < -0.4 is 10.6 Å². The molecule has 0 aliphatic carbocycles. The minimum Gasteiger partial charge on any atom is -0.337 e. The van der Waals surface area contributed by atoms with Crippen LogP contribution in [0.1, 0.15) is 11.9 Å². The number of benzene rings is 1. The first-order valence-corrected chi connectivity index (χ1v) is 7.71. The van der Waals surface area contributed by atoms with E-state index in [4.69, 9.17) is 0 Å². The molecule has 1 amide bonds. The Morgan fingerprint density at radius 3 is 2.79 bits per heavy atom. The Hall–Kier alpha value is -2.32. The molecule has 2 aromatic rings. The van der Waals surface area contributed by atoms with Crippen molar-refractivity contribution in [2.75, 3.05) is 31.5 Å². The summed E-state index contributed by atoms with van der Waals surface area (Å²) in [5.41, 5.74) is 0.112. The van der Waals surface area contributed by atoms with Gasteiger partial charge in [0.25, 0.3) is 0 Å². The van der Waals surface area contributed by atoms with Crippen LogP contribution >= 0.6 is 0 Å². The third-order valence-electron chi connectivity index (χ3n) is 4.00. The van der Waals surface area contributed by atoms with Gasteiger partial charge in [0.2, 0.25) is 5.91 Å². The van der Waals surface area contributed by atoms with E-state index in [1.807, 2.05) is 22.7 Å². The van der Waals surface area contributed by atoms with Crippen LogP contribution in [0.5, 0.6) is 0 Å². The SMILES string of the molecule is Cn1ccnc1C1CNCCN1CC(=O)Nc1cc(F)cc(F)c1. The van der Waals surface area contributed by atoms with Gasteiger partial charge in [-0.2, -0.15) is 0 Å². The minimum absolute atomic E-state index is 0.0336. The van der Waals surface area contributed by atoms with E-state index < -0.39 is 11.6 Å². The second kappa shape index (κ2) is 7.06. The Balaban J connectivity index is 1.68. The fourth-order valence-corrected chi connectivity index (χ4v) is 2.90. The summed E-state index contributed by atoms with van der Waals surface area (Å²) >= 11 is 0. The molecule has 2 N–H and O–H groups in total. The Kier molecular flexibility index (Phi) is 4.86. The molecule has 24 heavy (non-hydrogen) atoms. The fraction of sp³-hybridized carbons (Fsp3) is 0.375. The van der Waals surface area contributed by atoms with Crippen molar-refractivity contribution in [1.82, 2.24) is 19.8 Å². The third kappa shape index (κ3) is 3.77. The molecule has 128 valence electrons. The van der Waals surface area contributed by atoms with Crippen molar-refractivity contribution in [1.29, 1.82) is 0 Å². The van der Waals surface area contributed by atoms with E-state index in [1.165, 1.54) is 0 Å². The molecule has 8 heteroatoms. The van der Waals surface area contributed by atoms with Crippen LogP contribution in [0.2, 0.25) is 0 Å². The number of hydrogen-bond acceptors (Lipinski definition) is 4. The minimum atomic E-state index is -0.724. The van der Waals surface area contributed by atoms with E-state index in [0.717, 1.165) is 30.6 Å². The first kappa shape index (κ1) is 16.5. The zero-order valence-electron chi connectivity index (χ0n) is 13.3. The molecule has 1 aliphatic rings. The van der Waals surface area contributed by atoms with Gasteiger partial charge >= 0.3 is 0 Å². The van der Waals surface area contributed by atoms with Gasteiger partial charge in [-0.25, -0.2) is 13.8 Å². The van der Waals surface area contributed by atoms with Crippen LogP contribution in [0.3, 0.4) is 0 Å². The number of aryl methyl sites for hydroxylation is 1. The Morgan fingerprint density at radius 2 is 2.12 bits per heavy atom. The zero-order valence-corrected chi connectivity index (χ0v) is 13.3. The number of rotatable bonds is 4. The van der Waals surface area contributed by atoms with Gasteiger partial charge in [0.15, 0.2) is 0 Å². The number of nitrogens with zero attached hydrogens (tertiary/aromatic N) is 3. The molecule has 1 atom stereocenters. The molecule has 6 nitrogen and oxygen atoms in total. The number of anilines is 1. The summed E-state index contributed by atoms with van der Waals surface area (Å²) in [7, 11) is 1.91. The fourth-order valence-electron chi connectivity index (χ4n) is 2.90. The maximum atomic E-state index is 13.2. The first-order valence-electron chi connectivity index (χ1n) is 7.71. The highest BCUT2D eigenvalue weighted by molar-refractivity contribution is 5.92. The summed E-state index contributed by atoms with van der Waals surface area (Å²) in [5, 5.41) is 5.84. The Labute approximate surface area is 138 Å². The highest BCUT2D eigenvalue weighted by Crippen LogP contribution is 2.20. The first-order chi connectivity index (χ1) is 11.5. The lowest BCUT2D eigenvalue weighted by molar-refractivity contribution is -0.118. The summed E-state index contributed by atoms with van der Waals surface area (Å²) in [6.45, 7) is 2.26. The van der Waals surface area contributed by atoms with Gasteiger partial charge in [-0.05, 0) is 12.1 Å². The monoisotopic (exact) mass is 335 g/mol. The lowest BCUT2D eigenvalue weighted by Gasteiger charge is -2.35. The molecule has 1 unspecified atom stereocenters. The zero-order chi connectivity index (χ0) is 17.1. The van der Waals surface area contributed by atoms with Crippen LogP contribution in [-0.2, 0) is 11.8 Å². The number of aromatic nitrogens is 2. The standard InChI is InChI=1S/C16H19F2N5O/c1-22-4-3-20-16(22)14-9-19-2-5-23(14)10-15(24)21-13-7-11(17)6-12(18)8-13/h3-4,6-8,14,19H,2,5,9-10H2,1H3,(H,21,24). The van der Waals surface area contributed by atoms with Crippen molar-refractivity contribution in [3.63, 3.8) is 0 Å². The van der Waals surface area contributed by atoms with Crippen LogP contribution in [-0.4, -0.2) is 46.5 Å². The summed E-state index contributed by atoms with van der Waals surface area (Å²) in [6, 6.07) is 2.92. The number of piperazine rings is 1. The number of hydrogen-bond donors (Lipinski definition) is 2. The number of carbonyl (C=O) groups is 1. The van der Waals surface area contributed by atoms with Crippen molar-refractivity contribution >= 4 is 11.6 Å². The molecular formula is C16H19F2N5O. The van der Waals surface area contributed by atoms with E-state index in [1.54, 1.807) is 6.20 Å². The summed E-state index contributed by atoms with van der Waals surface area (Å²) in [5.74, 6) is -0.898. The molecule has 2 heterocycles. The number of imidazole rings is 1. The quantitative estimate of drug-likeness (QED) is 0.884. The van der Waals surface area contributed by atoms with E-state index in [2.05, 4.69) is 15.6 Å². The van der Waals surface area contributed by atoms with Gasteiger partial charge < -0.3 is 15.2 Å². The lowest BCUT2D eigenvalue weighted by atomic mass is 10.1. The normalized spacial score (nSPS) is 18.5. The van der Waals surface area contributed by atoms with E-state index in [0.29, 0.717) is 13.1 Å². The van der Waals surface area contributed by atoms with Crippen LogP contribution in [0.4, 0.5) is 14.5 Å². The van der Waals surface area contributed by atoms with E-state index in [-0.39, 0.29) is 24.2 Å². The average molecular weight is 335 g/mol. The van der Waals surface area contributed by atoms with Gasteiger partial charge in [0.1, 0.15) is 17.5 Å². The van der Waals surface area contributed by atoms with Crippen molar-refractivity contribution in [2.24, 2.45) is 7.05 Å². The molecule has 0 radical (unpaired) electrons. The van der Waals surface area contributed by atoms with Gasteiger partial charge in [0, 0.05) is 50.8 Å². The maximum absolute atomic E-state index is 13.2. The number of carbonyl (C=O) groups excluding carboxylic acids is 1. The van der Waals surface area contributed by atoms with Crippen molar-refractivity contribution < 1.29 is 13.6 Å². The number of nitrogens with one attached hydrogen (secondary N) is 2. The number of amides is 1. The number of halogens is 2. The van der Waals surface area contributed by atoms with Crippen LogP contribution in [0.15, 0.2) is 30.6 Å². The summed E-state index contributed by atoms with van der Waals surface area (Å²) in [4.78, 5) is 18.6. The predicted octanol–water partition coefficient (Wildman–Crippen LogP) is 1.28. The van der Waals surface area contributed by atoms with E-state index >= 15 is 0 Å². The van der Waals surface area contributed by atoms with Gasteiger partial charge in [-0.15, -0.1) is 0 Å². The van der Waals surface area contributed by atoms with Crippen molar-refractivity contribution in [2.45, 2.75) is 6.04 Å². The van der Waals surface area contributed by atoms with Gasteiger partial charge in [-0.3, -0.25) is 9.69 Å². The predicted molar refractivity (Wildman–Crippen MR) is 85.4 cm³/mol. The Morgan fingerprint density at radius 1 is 1.38 bits per heavy atom. The molecule has 0 spiro atoms. The molecule has 0 bridgehead atoms. The molecule has 1 saturated heterocycles. The average Bonchev–Trinajstić information content (AvgIpc) is 2.92. The largest absolute Gasteiger partial charge is 0.337 e. The molecular weight excluding hydrogens is 316 g/mol. The highest BCUT2D eigenvalue weighted by Gasteiger charge is 2.28. The topological polar surface area (TPSA) is 62.2 Å². The second-order valence-electron chi connectivity index (χ2n) is 5.79. The highest BCUT2D eigenvalue weighted by atomic mass is 19.1. The smallest absolute Gasteiger partial charge is 0.238 e. The molecule has 3 rings (SSSR count). The lowest BCUT2D eigenvalue weighted by Crippen LogP contribution is -2.49. The summed E-state index contributed by atoms with van der Waals surface area (Å²) in [6.07, 6.45) is 3.58. The van der Waals surface area contributed by atoms with Crippen LogP contribution in [0.25, 0.3) is 0 Å². The van der Waals surface area contributed by atoms with Crippen molar-refractivity contribution in [3.05, 3.63) is 48.1 Å². The Bertz CT molecular complexity index is 713. The third-order valence-corrected chi connectivity index (χ3v) is 4.00. The van der Waals surface area contributed by atoms with Gasteiger partial charge in [0.05, 0.1) is 12.6 Å². The maximum Gasteiger partial charge on any atom is 0.238 e. The molecule has 0 saturated carbocycles. The molecule has 1 aromatic heterocycles. The molecule has 1 fully saturated rings.